The minimum absolute atomic E-state index is 0.244. The second-order valence-electron chi connectivity index (χ2n) is 5.67. The van der Waals surface area contributed by atoms with Crippen LogP contribution >= 0.6 is 0 Å². The first-order chi connectivity index (χ1) is 10.2. The molecule has 0 unspecified atom stereocenters. The Morgan fingerprint density at radius 3 is 2.67 bits per heavy atom. The van der Waals surface area contributed by atoms with Crippen LogP contribution < -0.4 is 15.4 Å². The number of benzene rings is 1. The third-order valence-corrected chi connectivity index (χ3v) is 3.43. The van der Waals surface area contributed by atoms with E-state index in [0.29, 0.717) is 6.61 Å². The highest BCUT2D eigenvalue weighted by Gasteiger charge is 2.33. The third kappa shape index (κ3) is 5.27. The Kier molecular flexibility index (Phi) is 5.87. The summed E-state index contributed by atoms with van der Waals surface area (Å²) in [6, 6.07) is 9.87. The predicted octanol–water partition coefficient (Wildman–Crippen LogP) is 1.66. The summed E-state index contributed by atoms with van der Waals surface area (Å²) in [5, 5.41) is 6.63. The van der Waals surface area contributed by atoms with Gasteiger partial charge in [-0.25, -0.2) is 0 Å². The summed E-state index contributed by atoms with van der Waals surface area (Å²) in [5.74, 6) is 1.75. The van der Waals surface area contributed by atoms with Crippen LogP contribution in [-0.4, -0.2) is 45.9 Å². The lowest BCUT2D eigenvalue weighted by molar-refractivity contribution is -0.0971. The fourth-order valence-electron chi connectivity index (χ4n) is 2.06. The molecule has 0 aliphatic carbocycles. The summed E-state index contributed by atoms with van der Waals surface area (Å²) in [5.41, 5.74) is 0.244. The van der Waals surface area contributed by atoms with Crippen LogP contribution in [0.25, 0.3) is 0 Å². The van der Waals surface area contributed by atoms with Crippen molar-refractivity contribution in [1.29, 1.82) is 0 Å². The Balaban J connectivity index is 1.56. The number of hydrogen-bond donors (Lipinski definition) is 2. The highest BCUT2D eigenvalue weighted by Crippen LogP contribution is 2.24. The first-order valence-electron chi connectivity index (χ1n) is 7.42. The van der Waals surface area contributed by atoms with Crippen LogP contribution in [0.4, 0.5) is 0 Å². The van der Waals surface area contributed by atoms with Crippen molar-refractivity contribution in [3.8, 4) is 5.75 Å². The van der Waals surface area contributed by atoms with E-state index in [1.165, 1.54) is 0 Å². The van der Waals surface area contributed by atoms with Gasteiger partial charge in [-0.05, 0) is 18.6 Å². The molecule has 1 aliphatic rings. The largest absolute Gasteiger partial charge is 0.494 e. The first-order valence-corrected chi connectivity index (χ1v) is 7.42. The first kappa shape index (κ1) is 15.6. The maximum absolute atomic E-state index is 5.65. The lowest BCUT2D eigenvalue weighted by atomic mass is 9.89. The number of ether oxygens (including phenoxy) is 2. The van der Waals surface area contributed by atoms with Crippen LogP contribution in [0.15, 0.2) is 35.3 Å². The zero-order chi connectivity index (χ0) is 15.0. The number of nitrogens with zero attached hydrogens (tertiary/aromatic N) is 1. The van der Waals surface area contributed by atoms with Gasteiger partial charge in [0.1, 0.15) is 5.75 Å². The quantitative estimate of drug-likeness (QED) is 0.456. The van der Waals surface area contributed by atoms with Gasteiger partial charge in [-0.1, -0.05) is 25.1 Å². The van der Waals surface area contributed by atoms with Gasteiger partial charge in [0, 0.05) is 25.6 Å². The molecule has 0 amide bonds. The van der Waals surface area contributed by atoms with Gasteiger partial charge in [0.05, 0.1) is 19.8 Å². The van der Waals surface area contributed by atoms with Crippen LogP contribution in [0.5, 0.6) is 5.75 Å². The Morgan fingerprint density at radius 2 is 2.05 bits per heavy atom. The van der Waals surface area contributed by atoms with Gasteiger partial charge in [-0.3, -0.25) is 4.99 Å². The molecule has 1 aliphatic heterocycles. The zero-order valence-corrected chi connectivity index (χ0v) is 12.9. The van der Waals surface area contributed by atoms with Gasteiger partial charge in [0.25, 0.3) is 0 Å². The molecule has 2 rings (SSSR count). The van der Waals surface area contributed by atoms with Crippen molar-refractivity contribution < 1.29 is 9.47 Å². The standard InChI is InChI=1S/C16H25N3O2/c1-16(12-20-13-16)11-19-15(17-2)18-9-6-10-21-14-7-4-3-5-8-14/h3-5,7-8H,6,9-13H2,1-2H3,(H2,17,18,19). The van der Waals surface area contributed by atoms with Gasteiger partial charge in [0.2, 0.25) is 0 Å². The Bertz CT molecular complexity index is 444. The minimum Gasteiger partial charge on any atom is -0.494 e. The molecule has 0 bridgehead atoms. The molecule has 5 heteroatoms. The van der Waals surface area contributed by atoms with Crippen molar-refractivity contribution in [2.24, 2.45) is 10.4 Å². The molecule has 1 saturated heterocycles. The normalized spacial score (nSPS) is 17.0. The fourth-order valence-corrected chi connectivity index (χ4v) is 2.06. The van der Waals surface area contributed by atoms with E-state index < -0.39 is 0 Å². The minimum atomic E-state index is 0.244. The van der Waals surface area contributed by atoms with Crippen LogP contribution in [-0.2, 0) is 4.74 Å². The Hall–Kier alpha value is -1.75. The molecule has 1 heterocycles. The van der Waals surface area contributed by atoms with E-state index in [1.807, 2.05) is 30.3 Å². The molecule has 0 atom stereocenters. The second kappa shape index (κ2) is 7.88. The molecule has 21 heavy (non-hydrogen) atoms. The molecular weight excluding hydrogens is 266 g/mol. The highest BCUT2D eigenvalue weighted by atomic mass is 16.5. The summed E-state index contributed by atoms with van der Waals surface area (Å²) < 4.78 is 10.9. The maximum Gasteiger partial charge on any atom is 0.191 e. The molecule has 2 N–H and O–H groups in total. The number of para-hydroxylation sites is 1. The summed E-state index contributed by atoms with van der Waals surface area (Å²) in [6.45, 7) is 6.26. The molecule has 0 saturated carbocycles. The van der Waals surface area contributed by atoms with Crippen molar-refractivity contribution in [1.82, 2.24) is 10.6 Å². The van der Waals surface area contributed by atoms with E-state index in [9.17, 15) is 0 Å². The van der Waals surface area contributed by atoms with Crippen LogP contribution in [0, 0.1) is 5.41 Å². The summed E-state index contributed by atoms with van der Waals surface area (Å²) in [4.78, 5) is 4.22. The van der Waals surface area contributed by atoms with Gasteiger partial charge in [-0.15, -0.1) is 0 Å². The van der Waals surface area contributed by atoms with Crippen molar-refractivity contribution in [2.75, 3.05) is 40.0 Å². The third-order valence-electron chi connectivity index (χ3n) is 3.43. The SMILES string of the molecule is CN=C(NCCCOc1ccccc1)NCC1(C)COC1. The number of rotatable bonds is 7. The number of hydrogen-bond acceptors (Lipinski definition) is 3. The lowest BCUT2D eigenvalue weighted by Gasteiger charge is -2.38. The molecule has 1 fully saturated rings. The van der Waals surface area contributed by atoms with Crippen LogP contribution in [0.2, 0.25) is 0 Å². The Labute approximate surface area is 126 Å². The summed E-state index contributed by atoms with van der Waals surface area (Å²) in [7, 11) is 1.79. The molecule has 1 aromatic carbocycles. The molecule has 0 radical (unpaired) electrons. The van der Waals surface area contributed by atoms with Crippen molar-refractivity contribution in [3.05, 3.63) is 30.3 Å². The summed E-state index contributed by atoms with van der Waals surface area (Å²) >= 11 is 0. The highest BCUT2D eigenvalue weighted by molar-refractivity contribution is 5.79. The van der Waals surface area contributed by atoms with E-state index >= 15 is 0 Å². The van der Waals surface area contributed by atoms with Gasteiger partial charge in [0.15, 0.2) is 5.96 Å². The average Bonchev–Trinajstić information content (AvgIpc) is 2.49. The Morgan fingerprint density at radius 1 is 1.29 bits per heavy atom. The zero-order valence-electron chi connectivity index (χ0n) is 12.9. The predicted molar refractivity (Wildman–Crippen MR) is 84.8 cm³/mol. The van der Waals surface area contributed by atoms with E-state index in [4.69, 9.17) is 9.47 Å². The van der Waals surface area contributed by atoms with Crippen LogP contribution in [0.1, 0.15) is 13.3 Å². The van der Waals surface area contributed by atoms with E-state index in [0.717, 1.165) is 44.4 Å². The van der Waals surface area contributed by atoms with Crippen LogP contribution in [0.3, 0.4) is 0 Å². The molecule has 116 valence electrons. The number of aliphatic imine (C=N–C) groups is 1. The lowest BCUT2D eigenvalue weighted by Crippen LogP contribution is -2.51. The average molecular weight is 291 g/mol. The van der Waals surface area contributed by atoms with Crippen molar-refractivity contribution in [3.63, 3.8) is 0 Å². The number of guanidine groups is 1. The van der Waals surface area contributed by atoms with Gasteiger partial charge >= 0.3 is 0 Å². The van der Waals surface area contributed by atoms with E-state index in [2.05, 4.69) is 22.5 Å². The van der Waals surface area contributed by atoms with E-state index in [1.54, 1.807) is 7.05 Å². The number of nitrogens with one attached hydrogen (secondary N) is 2. The maximum atomic E-state index is 5.65. The molecule has 5 nitrogen and oxygen atoms in total. The van der Waals surface area contributed by atoms with Gasteiger partial charge in [-0.2, -0.15) is 0 Å². The second-order valence-corrected chi connectivity index (χ2v) is 5.67. The molecule has 1 aromatic rings. The van der Waals surface area contributed by atoms with E-state index in [-0.39, 0.29) is 5.41 Å². The summed E-state index contributed by atoms with van der Waals surface area (Å²) in [6.07, 6.45) is 0.927. The van der Waals surface area contributed by atoms with Gasteiger partial charge < -0.3 is 20.1 Å². The fraction of sp³-hybridized carbons (Fsp3) is 0.562. The topological polar surface area (TPSA) is 54.9 Å². The molecule has 0 spiro atoms. The molecular formula is C16H25N3O2. The van der Waals surface area contributed by atoms with Crippen molar-refractivity contribution >= 4 is 5.96 Å². The smallest absolute Gasteiger partial charge is 0.191 e. The van der Waals surface area contributed by atoms with Crippen molar-refractivity contribution in [2.45, 2.75) is 13.3 Å². The molecule has 0 aromatic heterocycles. The monoisotopic (exact) mass is 291 g/mol.